The maximum atomic E-state index is 12.3. The molecule has 0 aromatic heterocycles. The van der Waals surface area contributed by atoms with Crippen LogP contribution in [0.25, 0.3) is 10.8 Å². The van der Waals surface area contributed by atoms with Crippen molar-refractivity contribution in [2.24, 2.45) is 0 Å². The molecule has 178 valence electrons. The summed E-state index contributed by atoms with van der Waals surface area (Å²) < 4.78 is 5.14. The van der Waals surface area contributed by atoms with Crippen LogP contribution in [0.2, 0.25) is 0 Å². The van der Waals surface area contributed by atoms with Crippen LogP contribution in [-0.4, -0.2) is 35.7 Å². The Balaban J connectivity index is 1.32. The van der Waals surface area contributed by atoms with E-state index in [0.717, 1.165) is 28.3 Å². The number of carboxylic acids is 1. The highest BCUT2D eigenvalue weighted by molar-refractivity contribution is 5.85. The molecule has 2 amide bonds. The van der Waals surface area contributed by atoms with E-state index < -0.39 is 18.1 Å². The minimum atomic E-state index is -1.06. The van der Waals surface area contributed by atoms with E-state index in [1.165, 1.54) is 0 Å². The van der Waals surface area contributed by atoms with Crippen molar-refractivity contribution in [1.29, 1.82) is 0 Å². The lowest BCUT2D eigenvalue weighted by molar-refractivity contribution is -0.141. The molecule has 0 fully saturated rings. The van der Waals surface area contributed by atoms with Crippen LogP contribution in [0, 0.1) is 0 Å². The fourth-order valence-electron chi connectivity index (χ4n) is 3.62. The summed E-state index contributed by atoms with van der Waals surface area (Å²) in [6.07, 6.45) is 2.03. The first-order valence-electron chi connectivity index (χ1n) is 11.5. The zero-order chi connectivity index (χ0) is 24.2. The molecule has 1 atom stereocenters. The van der Waals surface area contributed by atoms with Gasteiger partial charge in [0.2, 0.25) is 5.91 Å². The third kappa shape index (κ3) is 8.24. The number of carbonyl (C=O) groups excluding carboxylic acids is 2. The number of rotatable bonds is 12. The van der Waals surface area contributed by atoms with Crippen LogP contribution in [0.5, 0.6) is 0 Å². The molecule has 0 spiro atoms. The van der Waals surface area contributed by atoms with Gasteiger partial charge in [-0.15, -0.1) is 0 Å². The van der Waals surface area contributed by atoms with E-state index in [0.29, 0.717) is 19.4 Å². The van der Waals surface area contributed by atoms with Crippen molar-refractivity contribution < 1.29 is 24.2 Å². The number of carbonyl (C=O) groups is 3. The molecule has 0 aliphatic rings. The standard InChI is InChI=1S/C27H30N2O5/c30-25(13-5-2-8-16-28-27(33)34-19-20-9-3-1-4-10-20)29-24(26(31)32)18-21-14-15-22-11-6-7-12-23(22)17-21/h1,3-4,6-7,9-12,14-15,17,24H,2,5,8,13,16,18-19H2,(H,28,33)(H,29,30)(H,31,32)/t24-/m0/s1. The maximum Gasteiger partial charge on any atom is 0.407 e. The van der Waals surface area contributed by atoms with Crippen molar-refractivity contribution in [3.8, 4) is 0 Å². The maximum absolute atomic E-state index is 12.3. The lowest BCUT2D eigenvalue weighted by Crippen LogP contribution is -2.42. The van der Waals surface area contributed by atoms with Gasteiger partial charge in [0.05, 0.1) is 0 Å². The number of hydrogen-bond acceptors (Lipinski definition) is 4. The molecular formula is C27H30N2O5. The van der Waals surface area contributed by atoms with E-state index in [1.54, 1.807) is 0 Å². The van der Waals surface area contributed by atoms with Gasteiger partial charge in [-0.05, 0) is 34.7 Å². The van der Waals surface area contributed by atoms with Crippen LogP contribution < -0.4 is 10.6 Å². The second-order valence-corrected chi connectivity index (χ2v) is 8.14. The highest BCUT2D eigenvalue weighted by Gasteiger charge is 2.20. The zero-order valence-corrected chi connectivity index (χ0v) is 19.0. The number of benzene rings is 3. The van der Waals surface area contributed by atoms with Gasteiger partial charge in [0, 0.05) is 19.4 Å². The minimum Gasteiger partial charge on any atom is -0.480 e. The van der Waals surface area contributed by atoms with Crippen LogP contribution in [0.4, 0.5) is 4.79 Å². The first-order valence-corrected chi connectivity index (χ1v) is 11.5. The lowest BCUT2D eigenvalue weighted by atomic mass is 10.0. The SMILES string of the molecule is O=C(CCCCCNC(=O)OCc1ccccc1)N[C@@H](Cc1ccc2ccccc2c1)C(=O)O. The number of alkyl carbamates (subject to hydrolysis) is 1. The van der Waals surface area contributed by atoms with E-state index in [4.69, 9.17) is 4.74 Å². The first-order chi connectivity index (χ1) is 16.5. The van der Waals surface area contributed by atoms with Crippen molar-refractivity contribution in [2.75, 3.05) is 6.54 Å². The van der Waals surface area contributed by atoms with Gasteiger partial charge >= 0.3 is 12.1 Å². The summed E-state index contributed by atoms with van der Waals surface area (Å²) >= 11 is 0. The highest BCUT2D eigenvalue weighted by Crippen LogP contribution is 2.17. The van der Waals surface area contributed by atoms with E-state index in [-0.39, 0.29) is 25.4 Å². The first kappa shape index (κ1) is 24.8. The van der Waals surface area contributed by atoms with Crippen LogP contribution in [-0.2, 0) is 27.4 Å². The molecule has 0 heterocycles. The van der Waals surface area contributed by atoms with Gasteiger partial charge in [-0.25, -0.2) is 9.59 Å². The number of fused-ring (bicyclic) bond motifs is 1. The Morgan fingerprint density at radius 3 is 2.32 bits per heavy atom. The summed E-state index contributed by atoms with van der Waals surface area (Å²) in [5.41, 5.74) is 1.78. The third-order valence-electron chi connectivity index (χ3n) is 5.45. The number of ether oxygens (including phenoxy) is 1. The fourth-order valence-corrected chi connectivity index (χ4v) is 3.62. The molecular weight excluding hydrogens is 432 g/mol. The second-order valence-electron chi connectivity index (χ2n) is 8.14. The zero-order valence-electron chi connectivity index (χ0n) is 19.0. The van der Waals surface area contributed by atoms with E-state index >= 15 is 0 Å². The van der Waals surface area contributed by atoms with Crippen LogP contribution in [0.3, 0.4) is 0 Å². The summed E-state index contributed by atoms with van der Waals surface area (Å²) in [5, 5.41) is 17.0. The summed E-state index contributed by atoms with van der Waals surface area (Å²) in [7, 11) is 0. The van der Waals surface area contributed by atoms with Crippen LogP contribution in [0.1, 0.15) is 36.8 Å². The molecule has 3 N–H and O–H groups in total. The Kier molecular flexibility index (Phi) is 9.46. The Bertz CT molecular complexity index is 1100. The highest BCUT2D eigenvalue weighted by atomic mass is 16.5. The molecule has 7 nitrogen and oxygen atoms in total. The van der Waals surface area contributed by atoms with Gasteiger partial charge < -0.3 is 20.5 Å². The smallest absolute Gasteiger partial charge is 0.407 e. The van der Waals surface area contributed by atoms with Gasteiger partial charge in [-0.1, -0.05) is 79.2 Å². The molecule has 0 unspecified atom stereocenters. The third-order valence-corrected chi connectivity index (χ3v) is 5.45. The van der Waals surface area contributed by atoms with Gasteiger partial charge in [-0.2, -0.15) is 0 Å². The molecule has 0 aliphatic carbocycles. The molecule has 3 rings (SSSR count). The average molecular weight is 463 g/mol. The van der Waals surface area contributed by atoms with E-state index in [2.05, 4.69) is 10.6 Å². The molecule has 0 bridgehead atoms. The van der Waals surface area contributed by atoms with Gasteiger partial charge in [0.15, 0.2) is 0 Å². The number of carboxylic acid groups (broad SMARTS) is 1. The van der Waals surface area contributed by atoms with Crippen molar-refractivity contribution in [2.45, 2.75) is 44.8 Å². The average Bonchev–Trinajstić information content (AvgIpc) is 2.85. The van der Waals surface area contributed by atoms with E-state index in [1.807, 2.05) is 72.8 Å². The molecule has 0 radical (unpaired) electrons. The fraction of sp³-hybridized carbons (Fsp3) is 0.296. The topological polar surface area (TPSA) is 105 Å². The van der Waals surface area contributed by atoms with Crippen LogP contribution >= 0.6 is 0 Å². The van der Waals surface area contributed by atoms with Gasteiger partial charge in [0.25, 0.3) is 0 Å². The van der Waals surface area contributed by atoms with Gasteiger partial charge in [0.1, 0.15) is 12.6 Å². The molecule has 0 aliphatic heterocycles. The normalized spacial score (nSPS) is 11.5. The molecule has 0 saturated carbocycles. The Labute approximate surface area is 199 Å². The summed E-state index contributed by atoms with van der Waals surface area (Å²) in [6, 6.07) is 22.1. The van der Waals surface area contributed by atoms with Crippen molar-refractivity contribution in [1.82, 2.24) is 10.6 Å². The van der Waals surface area contributed by atoms with Crippen molar-refractivity contribution in [3.63, 3.8) is 0 Å². The monoisotopic (exact) mass is 462 g/mol. The van der Waals surface area contributed by atoms with E-state index in [9.17, 15) is 19.5 Å². The number of unbranched alkanes of at least 4 members (excludes halogenated alkanes) is 2. The largest absolute Gasteiger partial charge is 0.480 e. The molecule has 0 saturated heterocycles. The number of aliphatic carboxylic acids is 1. The van der Waals surface area contributed by atoms with Crippen LogP contribution in [0.15, 0.2) is 72.8 Å². The molecule has 7 heteroatoms. The number of amides is 2. The van der Waals surface area contributed by atoms with Crippen molar-refractivity contribution in [3.05, 3.63) is 83.9 Å². The number of nitrogens with one attached hydrogen (secondary N) is 2. The van der Waals surface area contributed by atoms with Crippen molar-refractivity contribution >= 4 is 28.7 Å². The minimum absolute atomic E-state index is 0.219. The molecule has 3 aromatic carbocycles. The molecule has 3 aromatic rings. The Morgan fingerprint density at radius 2 is 1.56 bits per heavy atom. The molecule has 34 heavy (non-hydrogen) atoms. The summed E-state index contributed by atoms with van der Waals surface area (Å²) in [4.78, 5) is 35.6. The summed E-state index contributed by atoms with van der Waals surface area (Å²) in [5.74, 6) is -1.34. The lowest BCUT2D eigenvalue weighted by Gasteiger charge is -2.15. The number of hydrogen-bond donors (Lipinski definition) is 3. The second kappa shape index (κ2) is 13.0. The Morgan fingerprint density at radius 1 is 0.824 bits per heavy atom. The predicted octanol–water partition coefficient (Wildman–Crippen LogP) is 4.44. The van der Waals surface area contributed by atoms with Gasteiger partial charge in [-0.3, -0.25) is 4.79 Å². The quantitative estimate of drug-likeness (QED) is 0.345. The Hall–Kier alpha value is -3.87. The predicted molar refractivity (Wildman–Crippen MR) is 130 cm³/mol. The summed E-state index contributed by atoms with van der Waals surface area (Å²) in [6.45, 7) is 0.672.